The summed E-state index contributed by atoms with van der Waals surface area (Å²) in [5, 5.41) is 15.1. The van der Waals surface area contributed by atoms with Gasteiger partial charge in [-0.3, -0.25) is 0 Å². The van der Waals surface area contributed by atoms with Gasteiger partial charge in [-0.15, -0.1) is 0 Å². The molecule has 0 amide bonds. The van der Waals surface area contributed by atoms with Crippen molar-refractivity contribution in [1.82, 2.24) is 0 Å². The Kier molecular flexibility index (Phi) is 8.25. The summed E-state index contributed by atoms with van der Waals surface area (Å²) in [7, 11) is 0. The van der Waals surface area contributed by atoms with Crippen LogP contribution in [0.25, 0.3) is 98.0 Å². The fraction of sp³-hybridized carbons (Fsp3) is 0. The van der Waals surface area contributed by atoms with E-state index in [0.29, 0.717) is 0 Å². The highest BCUT2D eigenvalue weighted by atomic mass is 15.1. The van der Waals surface area contributed by atoms with E-state index in [0.717, 1.165) is 17.1 Å². The smallest absolute Gasteiger partial charge is 0.0540 e. The zero-order chi connectivity index (χ0) is 40.3. The van der Waals surface area contributed by atoms with Crippen molar-refractivity contribution in [3.8, 4) is 33.4 Å². The third kappa shape index (κ3) is 5.78. The van der Waals surface area contributed by atoms with Crippen LogP contribution in [0, 0.1) is 0 Å². The van der Waals surface area contributed by atoms with Crippen molar-refractivity contribution in [3.63, 3.8) is 0 Å². The Morgan fingerprint density at radius 2 is 0.754 bits per heavy atom. The summed E-state index contributed by atoms with van der Waals surface area (Å²) in [6, 6.07) is 86.8. The lowest BCUT2D eigenvalue weighted by Crippen LogP contribution is -2.12. The van der Waals surface area contributed by atoms with Gasteiger partial charge in [-0.1, -0.05) is 200 Å². The first-order valence-corrected chi connectivity index (χ1v) is 21.1. The standard InChI is InChI=1S/C60H39N/c1-2-16-40(17-3-1)47-21-14-15-29-58(47)61(45-34-32-42(33-35-45)56-38-43-19-5-6-20-46(43)49-23-8-9-25-51(49)56)59-37-36-53(50-24-10-12-27-54(50)59)57-39-44-31-30-41-18-4-7-22-48(41)60(44)55-28-13-11-26-52(55)57/h1-39H. The first-order valence-electron chi connectivity index (χ1n) is 21.1. The van der Waals surface area contributed by atoms with E-state index < -0.39 is 0 Å². The highest BCUT2D eigenvalue weighted by Gasteiger charge is 2.22. The molecule has 0 aliphatic rings. The van der Waals surface area contributed by atoms with Crippen molar-refractivity contribution in [2.75, 3.05) is 4.90 Å². The molecule has 0 unspecified atom stereocenters. The molecule has 12 rings (SSSR count). The molecule has 0 aliphatic heterocycles. The zero-order valence-electron chi connectivity index (χ0n) is 33.5. The van der Waals surface area contributed by atoms with Crippen molar-refractivity contribution in [2.24, 2.45) is 0 Å². The molecule has 12 aromatic carbocycles. The first-order chi connectivity index (χ1) is 30.3. The van der Waals surface area contributed by atoms with E-state index in [9.17, 15) is 0 Å². The minimum absolute atomic E-state index is 1.10. The van der Waals surface area contributed by atoms with Gasteiger partial charge in [-0.2, -0.15) is 0 Å². The molecule has 0 bridgehead atoms. The molecule has 0 atom stereocenters. The van der Waals surface area contributed by atoms with Crippen LogP contribution in [0.2, 0.25) is 0 Å². The van der Waals surface area contributed by atoms with Gasteiger partial charge in [0.05, 0.1) is 11.4 Å². The molecule has 0 radical (unpaired) electrons. The fourth-order valence-corrected chi connectivity index (χ4v) is 9.84. The van der Waals surface area contributed by atoms with Gasteiger partial charge in [0.1, 0.15) is 0 Å². The first kappa shape index (κ1) is 35.0. The van der Waals surface area contributed by atoms with Crippen molar-refractivity contribution in [2.45, 2.75) is 0 Å². The summed E-state index contributed by atoms with van der Waals surface area (Å²) in [5.41, 5.74) is 10.6. The van der Waals surface area contributed by atoms with Gasteiger partial charge in [0.15, 0.2) is 0 Å². The van der Waals surface area contributed by atoms with Crippen molar-refractivity contribution >= 4 is 81.7 Å². The highest BCUT2D eigenvalue weighted by molar-refractivity contribution is 6.24. The molecule has 284 valence electrons. The van der Waals surface area contributed by atoms with E-state index in [-0.39, 0.29) is 0 Å². The SMILES string of the molecule is c1ccc(-c2ccccc2N(c2ccc(-c3cc4ccccc4c4ccccc34)cc2)c2ccc(-c3cc4ccc5ccccc5c4c4ccccc34)c3ccccc23)cc1. The third-order valence-electron chi connectivity index (χ3n) is 12.6. The average Bonchev–Trinajstić information content (AvgIpc) is 3.34. The predicted molar refractivity (Wildman–Crippen MR) is 262 cm³/mol. The maximum Gasteiger partial charge on any atom is 0.0540 e. The number of nitrogens with zero attached hydrogens (tertiary/aromatic N) is 1. The quantitative estimate of drug-likeness (QED) is 0.152. The Morgan fingerprint density at radius 3 is 1.52 bits per heavy atom. The van der Waals surface area contributed by atoms with Gasteiger partial charge in [0.25, 0.3) is 0 Å². The minimum atomic E-state index is 1.10. The van der Waals surface area contributed by atoms with Crippen molar-refractivity contribution < 1.29 is 0 Å². The zero-order valence-corrected chi connectivity index (χ0v) is 33.5. The van der Waals surface area contributed by atoms with E-state index in [1.807, 2.05) is 0 Å². The number of rotatable bonds is 6. The van der Waals surface area contributed by atoms with E-state index in [1.165, 1.54) is 98.0 Å². The predicted octanol–water partition coefficient (Wildman–Crippen LogP) is 17.1. The Morgan fingerprint density at radius 1 is 0.230 bits per heavy atom. The van der Waals surface area contributed by atoms with E-state index in [2.05, 4.69) is 241 Å². The summed E-state index contributed by atoms with van der Waals surface area (Å²) in [5.74, 6) is 0. The van der Waals surface area contributed by atoms with Crippen LogP contribution in [0.5, 0.6) is 0 Å². The molecule has 0 saturated carbocycles. The molecule has 0 fully saturated rings. The molecule has 0 saturated heterocycles. The number of fused-ring (bicyclic) bond motifs is 9. The third-order valence-corrected chi connectivity index (χ3v) is 12.6. The Hall–Kier alpha value is -8.00. The maximum absolute atomic E-state index is 2.46. The molecular formula is C60H39N. The highest BCUT2D eigenvalue weighted by Crippen LogP contribution is 2.47. The Bertz CT molecular complexity index is 3640. The topological polar surface area (TPSA) is 3.24 Å². The molecule has 0 N–H and O–H groups in total. The second-order valence-corrected chi connectivity index (χ2v) is 16.0. The molecule has 61 heavy (non-hydrogen) atoms. The van der Waals surface area contributed by atoms with Crippen molar-refractivity contribution in [3.05, 3.63) is 237 Å². The summed E-state index contributed by atoms with van der Waals surface area (Å²) in [6.45, 7) is 0. The molecule has 0 heterocycles. The van der Waals surface area contributed by atoms with Gasteiger partial charge in [0.2, 0.25) is 0 Å². The second-order valence-electron chi connectivity index (χ2n) is 16.0. The van der Waals surface area contributed by atoms with Crippen LogP contribution in [-0.2, 0) is 0 Å². The summed E-state index contributed by atoms with van der Waals surface area (Å²) in [6.07, 6.45) is 0. The molecular weight excluding hydrogens is 735 g/mol. The average molecular weight is 774 g/mol. The second kappa shape index (κ2) is 14.4. The number of hydrogen-bond donors (Lipinski definition) is 0. The Labute approximate surface area is 355 Å². The minimum Gasteiger partial charge on any atom is -0.309 e. The lowest BCUT2D eigenvalue weighted by atomic mass is 9.88. The largest absolute Gasteiger partial charge is 0.309 e. The van der Waals surface area contributed by atoms with Gasteiger partial charge >= 0.3 is 0 Å². The summed E-state index contributed by atoms with van der Waals surface area (Å²) in [4.78, 5) is 2.46. The maximum atomic E-state index is 2.46. The van der Waals surface area contributed by atoms with Crippen molar-refractivity contribution in [1.29, 1.82) is 0 Å². The summed E-state index contributed by atoms with van der Waals surface area (Å²) < 4.78 is 0. The molecule has 0 spiro atoms. The molecule has 1 nitrogen and oxygen atoms in total. The molecule has 0 aromatic heterocycles. The number of benzene rings is 12. The van der Waals surface area contributed by atoms with Crippen LogP contribution in [0.3, 0.4) is 0 Å². The normalized spacial score (nSPS) is 11.6. The van der Waals surface area contributed by atoms with Gasteiger partial charge in [0, 0.05) is 16.6 Å². The van der Waals surface area contributed by atoms with Crippen LogP contribution in [0.1, 0.15) is 0 Å². The Balaban J connectivity index is 1.07. The fourth-order valence-electron chi connectivity index (χ4n) is 9.84. The number of hydrogen-bond acceptors (Lipinski definition) is 1. The van der Waals surface area contributed by atoms with E-state index in [1.54, 1.807) is 0 Å². The monoisotopic (exact) mass is 773 g/mol. The van der Waals surface area contributed by atoms with E-state index in [4.69, 9.17) is 0 Å². The van der Waals surface area contributed by atoms with Crippen LogP contribution < -0.4 is 4.90 Å². The van der Waals surface area contributed by atoms with Gasteiger partial charge < -0.3 is 4.90 Å². The van der Waals surface area contributed by atoms with Crippen LogP contribution in [0.15, 0.2) is 237 Å². The molecule has 1 heteroatoms. The van der Waals surface area contributed by atoms with Crippen LogP contribution >= 0.6 is 0 Å². The van der Waals surface area contributed by atoms with Gasteiger partial charge in [-0.05, 0) is 123 Å². The number of para-hydroxylation sites is 1. The lowest BCUT2D eigenvalue weighted by molar-refractivity contribution is 1.30. The molecule has 12 aromatic rings. The van der Waals surface area contributed by atoms with Gasteiger partial charge in [-0.25, -0.2) is 0 Å². The van der Waals surface area contributed by atoms with Crippen LogP contribution in [-0.4, -0.2) is 0 Å². The lowest BCUT2D eigenvalue weighted by Gasteiger charge is -2.30. The molecule has 0 aliphatic carbocycles. The van der Waals surface area contributed by atoms with Crippen LogP contribution in [0.4, 0.5) is 17.1 Å². The summed E-state index contributed by atoms with van der Waals surface area (Å²) >= 11 is 0. The van der Waals surface area contributed by atoms with E-state index >= 15 is 0 Å². The number of anilines is 3.